The lowest BCUT2D eigenvalue weighted by Gasteiger charge is -2.06. The molecule has 0 unspecified atom stereocenters. The maximum Gasteiger partial charge on any atom is 0.287 e. The summed E-state index contributed by atoms with van der Waals surface area (Å²) in [4.78, 5) is 11.5. The summed E-state index contributed by atoms with van der Waals surface area (Å²) in [5.74, 6) is 0. The van der Waals surface area contributed by atoms with Gasteiger partial charge in [0.15, 0.2) is 0 Å². The Balaban J connectivity index is 2.99. The molecular weight excluding hydrogens is 206 g/mol. The van der Waals surface area contributed by atoms with Crippen LogP contribution in [0.5, 0.6) is 0 Å². The molecule has 0 fully saturated rings. The van der Waals surface area contributed by atoms with E-state index in [0.29, 0.717) is 18.8 Å². The zero-order valence-electron chi connectivity index (χ0n) is 8.08. The van der Waals surface area contributed by atoms with E-state index in [1.165, 1.54) is 10.9 Å². The molecule has 0 bridgehead atoms. The number of aromatic nitrogens is 2. The summed E-state index contributed by atoms with van der Waals surface area (Å²) in [5.41, 5.74) is 0.223. The molecule has 0 aliphatic carbocycles. The molecule has 1 aromatic heterocycles. The van der Waals surface area contributed by atoms with E-state index in [-0.39, 0.29) is 10.6 Å². The van der Waals surface area contributed by atoms with Gasteiger partial charge in [-0.3, -0.25) is 4.79 Å². The average Bonchev–Trinajstić information content (AvgIpc) is 2.20. The van der Waals surface area contributed by atoms with Gasteiger partial charge in [-0.25, -0.2) is 4.68 Å². The minimum Gasteiger partial charge on any atom is -0.385 e. The largest absolute Gasteiger partial charge is 0.385 e. The minimum atomic E-state index is -0.310. The molecule has 0 amide bonds. The number of rotatable bonds is 4. The standard InChI is InChI=1S/C8H12ClN3O2/c1-10-6-5-11-12(3-4-14-2)8(13)7(6)9/h5,10H,3-4H2,1-2H3. The maximum atomic E-state index is 11.5. The van der Waals surface area contributed by atoms with Gasteiger partial charge in [0.2, 0.25) is 0 Å². The molecule has 1 rings (SSSR count). The second-order valence-corrected chi connectivity index (χ2v) is 3.02. The van der Waals surface area contributed by atoms with Gasteiger partial charge in [-0.15, -0.1) is 0 Å². The molecule has 1 heterocycles. The maximum absolute atomic E-state index is 11.5. The summed E-state index contributed by atoms with van der Waals surface area (Å²) < 4.78 is 6.11. The Morgan fingerprint density at radius 1 is 1.71 bits per heavy atom. The van der Waals surface area contributed by atoms with Gasteiger partial charge >= 0.3 is 0 Å². The van der Waals surface area contributed by atoms with Crippen LogP contribution in [-0.4, -0.2) is 30.5 Å². The molecule has 0 radical (unpaired) electrons. The van der Waals surface area contributed by atoms with Gasteiger partial charge in [0.1, 0.15) is 5.02 Å². The first-order valence-electron chi connectivity index (χ1n) is 4.13. The van der Waals surface area contributed by atoms with Crippen molar-refractivity contribution >= 4 is 17.3 Å². The van der Waals surface area contributed by atoms with Gasteiger partial charge in [-0.1, -0.05) is 11.6 Å². The number of ether oxygens (including phenoxy) is 1. The lowest BCUT2D eigenvalue weighted by Crippen LogP contribution is -2.25. The Hall–Kier alpha value is -1.07. The monoisotopic (exact) mass is 217 g/mol. The third kappa shape index (κ3) is 2.24. The Kier molecular flexibility index (Phi) is 3.91. The van der Waals surface area contributed by atoms with Crippen molar-refractivity contribution in [1.82, 2.24) is 9.78 Å². The zero-order valence-corrected chi connectivity index (χ0v) is 8.84. The van der Waals surface area contributed by atoms with Crippen LogP contribution in [0.4, 0.5) is 5.69 Å². The van der Waals surface area contributed by atoms with Crippen molar-refractivity contribution < 1.29 is 4.74 Å². The second-order valence-electron chi connectivity index (χ2n) is 2.64. The first kappa shape index (κ1) is 11.0. The number of hydrogen-bond donors (Lipinski definition) is 1. The van der Waals surface area contributed by atoms with Gasteiger partial charge in [0, 0.05) is 14.2 Å². The van der Waals surface area contributed by atoms with E-state index in [4.69, 9.17) is 16.3 Å². The first-order valence-corrected chi connectivity index (χ1v) is 4.50. The van der Waals surface area contributed by atoms with E-state index >= 15 is 0 Å². The fourth-order valence-corrected chi connectivity index (χ4v) is 1.22. The highest BCUT2D eigenvalue weighted by Gasteiger charge is 2.06. The van der Waals surface area contributed by atoms with Crippen LogP contribution >= 0.6 is 11.6 Å². The highest BCUT2D eigenvalue weighted by molar-refractivity contribution is 6.32. The lowest BCUT2D eigenvalue weighted by atomic mass is 10.4. The van der Waals surface area contributed by atoms with Crippen molar-refractivity contribution in [3.63, 3.8) is 0 Å². The van der Waals surface area contributed by atoms with Gasteiger partial charge in [0.25, 0.3) is 5.56 Å². The predicted molar refractivity (Wildman–Crippen MR) is 54.9 cm³/mol. The summed E-state index contributed by atoms with van der Waals surface area (Å²) in [6.07, 6.45) is 1.51. The van der Waals surface area contributed by atoms with E-state index in [1.807, 2.05) is 0 Å². The molecule has 0 aliphatic heterocycles. The quantitative estimate of drug-likeness (QED) is 0.802. The summed E-state index contributed by atoms with van der Waals surface area (Å²) in [7, 11) is 3.25. The zero-order chi connectivity index (χ0) is 10.6. The Labute approximate surface area is 86.6 Å². The summed E-state index contributed by atoms with van der Waals surface area (Å²) in [6.45, 7) is 0.835. The van der Waals surface area contributed by atoms with Crippen LogP contribution in [0.3, 0.4) is 0 Å². The SMILES string of the molecule is CNc1cnn(CCOC)c(=O)c1Cl. The molecule has 1 aromatic rings. The predicted octanol–water partition coefficient (Wildman–Crippen LogP) is 0.585. The molecule has 0 aromatic carbocycles. The highest BCUT2D eigenvalue weighted by atomic mass is 35.5. The third-order valence-corrected chi connectivity index (χ3v) is 2.13. The van der Waals surface area contributed by atoms with E-state index < -0.39 is 0 Å². The Bertz CT molecular complexity index is 364. The molecule has 0 aliphatic rings. The molecule has 0 saturated heterocycles. The van der Waals surface area contributed by atoms with Gasteiger partial charge in [-0.05, 0) is 0 Å². The molecule has 1 N–H and O–H groups in total. The summed E-state index contributed by atoms with van der Waals surface area (Å²) >= 11 is 5.80. The van der Waals surface area contributed by atoms with Crippen LogP contribution in [0.1, 0.15) is 0 Å². The van der Waals surface area contributed by atoms with Crippen LogP contribution in [-0.2, 0) is 11.3 Å². The van der Waals surface area contributed by atoms with E-state index in [9.17, 15) is 4.79 Å². The molecular formula is C8H12ClN3O2. The number of nitrogens with zero attached hydrogens (tertiary/aromatic N) is 2. The normalized spacial score (nSPS) is 10.2. The second kappa shape index (κ2) is 4.97. The van der Waals surface area contributed by atoms with Gasteiger partial charge < -0.3 is 10.1 Å². The van der Waals surface area contributed by atoms with E-state index in [2.05, 4.69) is 10.4 Å². The van der Waals surface area contributed by atoms with Crippen molar-refractivity contribution in [1.29, 1.82) is 0 Å². The Morgan fingerprint density at radius 3 is 3.00 bits per heavy atom. The van der Waals surface area contributed by atoms with E-state index in [0.717, 1.165) is 0 Å². The summed E-state index contributed by atoms with van der Waals surface area (Å²) in [6, 6.07) is 0. The fraction of sp³-hybridized carbons (Fsp3) is 0.500. The average molecular weight is 218 g/mol. The van der Waals surface area contributed by atoms with Crippen LogP contribution in [0.25, 0.3) is 0 Å². The lowest BCUT2D eigenvalue weighted by molar-refractivity contribution is 0.182. The molecule has 14 heavy (non-hydrogen) atoms. The van der Waals surface area contributed by atoms with E-state index in [1.54, 1.807) is 14.2 Å². The number of anilines is 1. The highest BCUT2D eigenvalue weighted by Crippen LogP contribution is 2.13. The topological polar surface area (TPSA) is 56.1 Å². The molecule has 0 spiro atoms. The minimum absolute atomic E-state index is 0.151. The van der Waals surface area contributed by atoms with Crippen molar-refractivity contribution in [2.75, 3.05) is 26.1 Å². The van der Waals surface area contributed by atoms with Gasteiger partial charge in [0.05, 0.1) is 25.0 Å². The molecule has 5 nitrogen and oxygen atoms in total. The number of halogens is 1. The van der Waals surface area contributed by atoms with Gasteiger partial charge in [-0.2, -0.15) is 5.10 Å². The van der Waals surface area contributed by atoms with Crippen LogP contribution < -0.4 is 10.9 Å². The van der Waals surface area contributed by atoms with Crippen molar-refractivity contribution in [3.8, 4) is 0 Å². The molecule has 6 heteroatoms. The molecule has 78 valence electrons. The number of methoxy groups -OCH3 is 1. The smallest absolute Gasteiger partial charge is 0.287 e. The molecule has 0 atom stereocenters. The number of hydrogen-bond acceptors (Lipinski definition) is 4. The number of nitrogens with one attached hydrogen (secondary N) is 1. The molecule has 0 saturated carbocycles. The van der Waals surface area contributed by atoms with Crippen molar-refractivity contribution in [2.45, 2.75) is 6.54 Å². The Morgan fingerprint density at radius 2 is 2.43 bits per heavy atom. The van der Waals surface area contributed by atoms with Crippen molar-refractivity contribution in [3.05, 3.63) is 21.6 Å². The van der Waals surface area contributed by atoms with Crippen LogP contribution in [0, 0.1) is 0 Å². The van der Waals surface area contributed by atoms with Crippen LogP contribution in [0.2, 0.25) is 5.02 Å². The van der Waals surface area contributed by atoms with Crippen molar-refractivity contribution in [2.24, 2.45) is 0 Å². The fourth-order valence-electron chi connectivity index (χ4n) is 0.976. The third-order valence-electron chi connectivity index (χ3n) is 1.76. The first-order chi connectivity index (χ1) is 6.70. The van der Waals surface area contributed by atoms with Crippen LogP contribution in [0.15, 0.2) is 11.0 Å². The summed E-state index contributed by atoms with van der Waals surface area (Å²) in [5, 5.41) is 6.86.